The molecule has 0 heterocycles. The molecule has 0 aromatic heterocycles. The molecule has 5 heteroatoms. The molecule has 1 N–H and O–H groups in total. The number of carbonyl (C=O) groups excluding carboxylic acids is 1. The summed E-state index contributed by atoms with van der Waals surface area (Å²) >= 11 is 5.95. The Kier molecular flexibility index (Phi) is 5.99. The normalized spacial score (nSPS) is 10.9. The summed E-state index contributed by atoms with van der Waals surface area (Å²) in [6, 6.07) is 9.43. The Bertz CT molecular complexity index is 762. The molecule has 0 bridgehead atoms. The fraction of sp³-hybridized carbons (Fsp3) is 0.263. The number of hydrogen-bond donors (Lipinski definition) is 1. The molecule has 0 atom stereocenters. The maximum absolute atomic E-state index is 11.8. The first-order valence-electron chi connectivity index (χ1n) is 7.65. The van der Waals surface area contributed by atoms with Gasteiger partial charge in [-0.1, -0.05) is 29.3 Å². The number of halogens is 1. The van der Waals surface area contributed by atoms with Gasteiger partial charge in [0.25, 0.3) is 5.91 Å². The highest BCUT2D eigenvalue weighted by Gasteiger charge is 2.04. The Morgan fingerprint density at radius 2 is 1.79 bits per heavy atom. The number of nitrogens with one attached hydrogen (secondary N) is 1. The second-order valence-electron chi connectivity index (χ2n) is 5.81. The molecule has 0 radical (unpaired) electrons. The van der Waals surface area contributed by atoms with E-state index in [4.69, 9.17) is 16.3 Å². The number of benzene rings is 2. The Hall–Kier alpha value is -2.33. The lowest BCUT2D eigenvalue weighted by atomic mass is 10.0. The molecule has 0 spiro atoms. The van der Waals surface area contributed by atoms with Gasteiger partial charge in [0, 0.05) is 10.6 Å². The molecule has 0 aliphatic rings. The van der Waals surface area contributed by atoms with E-state index in [0.717, 1.165) is 22.3 Å². The van der Waals surface area contributed by atoms with Crippen LogP contribution in [0.15, 0.2) is 35.4 Å². The fourth-order valence-electron chi connectivity index (χ4n) is 2.45. The van der Waals surface area contributed by atoms with Gasteiger partial charge in [0.05, 0.1) is 6.21 Å². The number of hydrogen-bond acceptors (Lipinski definition) is 3. The molecule has 2 aromatic carbocycles. The van der Waals surface area contributed by atoms with Gasteiger partial charge in [-0.3, -0.25) is 4.79 Å². The summed E-state index contributed by atoms with van der Waals surface area (Å²) in [5.41, 5.74) is 7.84. The van der Waals surface area contributed by atoms with Crippen molar-refractivity contribution in [2.24, 2.45) is 5.10 Å². The van der Waals surface area contributed by atoms with E-state index >= 15 is 0 Å². The lowest BCUT2D eigenvalue weighted by Crippen LogP contribution is -2.24. The summed E-state index contributed by atoms with van der Waals surface area (Å²) in [5.74, 6) is 0.280. The molecule has 1 amide bonds. The third kappa shape index (κ3) is 4.83. The van der Waals surface area contributed by atoms with Gasteiger partial charge in [0.2, 0.25) is 0 Å². The number of rotatable bonds is 5. The topological polar surface area (TPSA) is 50.7 Å². The molecule has 2 aromatic rings. The van der Waals surface area contributed by atoms with Crippen LogP contribution in [0.2, 0.25) is 5.02 Å². The molecule has 4 nitrogen and oxygen atoms in total. The van der Waals surface area contributed by atoms with Crippen LogP contribution in [-0.4, -0.2) is 18.7 Å². The van der Waals surface area contributed by atoms with Crippen molar-refractivity contribution >= 4 is 23.7 Å². The zero-order valence-electron chi connectivity index (χ0n) is 14.3. The van der Waals surface area contributed by atoms with Crippen LogP contribution in [0, 0.1) is 27.7 Å². The van der Waals surface area contributed by atoms with Gasteiger partial charge in [0.15, 0.2) is 6.61 Å². The van der Waals surface area contributed by atoms with Crippen LogP contribution in [0.3, 0.4) is 0 Å². The van der Waals surface area contributed by atoms with Gasteiger partial charge in [-0.2, -0.15) is 5.10 Å². The summed E-state index contributed by atoms with van der Waals surface area (Å²) in [6.07, 6.45) is 1.66. The second-order valence-corrected chi connectivity index (χ2v) is 6.21. The molecular formula is C19H21ClN2O2. The molecule has 0 saturated heterocycles. The summed E-state index contributed by atoms with van der Waals surface area (Å²) < 4.78 is 5.42. The predicted octanol–water partition coefficient (Wildman–Crippen LogP) is 4.10. The van der Waals surface area contributed by atoms with E-state index in [1.807, 2.05) is 20.8 Å². The Labute approximate surface area is 147 Å². The smallest absolute Gasteiger partial charge is 0.277 e. The molecule has 126 valence electrons. The standard InChI is InChI=1S/C19H21ClN2O2/c1-12-7-13(2)17(14(3)8-12)10-21-22-19(23)11-24-16-5-6-18(20)15(4)9-16/h5-10H,11H2,1-4H3,(H,22,23)/b21-10-. The van der Waals surface area contributed by atoms with E-state index in [2.05, 4.69) is 29.6 Å². The quantitative estimate of drug-likeness (QED) is 0.655. The zero-order valence-corrected chi connectivity index (χ0v) is 15.1. The molecule has 0 aliphatic heterocycles. The summed E-state index contributed by atoms with van der Waals surface area (Å²) in [4.78, 5) is 11.8. The van der Waals surface area contributed by atoms with E-state index < -0.39 is 0 Å². The second kappa shape index (κ2) is 7.97. The van der Waals surface area contributed by atoms with Crippen molar-refractivity contribution < 1.29 is 9.53 Å². The predicted molar refractivity (Wildman–Crippen MR) is 98.1 cm³/mol. The van der Waals surface area contributed by atoms with Crippen molar-refractivity contribution in [3.63, 3.8) is 0 Å². The van der Waals surface area contributed by atoms with E-state index in [1.54, 1.807) is 24.4 Å². The minimum Gasteiger partial charge on any atom is -0.484 e. The maximum Gasteiger partial charge on any atom is 0.277 e. The number of nitrogens with zero attached hydrogens (tertiary/aromatic N) is 1. The molecule has 0 saturated carbocycles. The Morgan fingerprint density at radius 3 is 2.42 bits per heavy atom. The first-order chi connectivity index (χ1) is 11.4. The van der Waals surface area contributed by atoms with Crippen molar-refractivity contribution in [1.82, 2.24) is 5.43 Å². The molecule has 0 aliphatic carbocycles. The lowest BCUT2D eigenvalue weighted by Gasteiger charge is -2.08. The van der Waals surface area contributed by atoms with E-state index in [0.29, 0.717) is 10.8 Å². The van der Waals surface area contributed by atoms with Crippen LogP contribution >= 0.6 is 11.6 Å². The molecule has 0 unspecified atom stereocenters. The van der Waals surface area contributed by atoms with Crippen molar-refractivity contribution in [3.8, 4) is 5.75 Å². The van der Waals surface area contributed by atoms with Crippen LogP contribution in [0.25, 0.3) is 0 Å². The third-order valence-corrected chi connectivity index (χ3v) is 4.04. The largest absolute Gasteiger partial charge is 0.484 e. The van der Waals surface area contributed by atoms with Crippen molar-refractivity contribution in [2.45, 2.75) is 27.7 Å². The number of hydrazone groups is 1. The third-order valence-electron chi connectivity index (χ3n) is 3.62. The van der Waals surface area contributed by atoms with Gasteiger partial charge < -0.3 is 4.74 Å². The van der Waals surface area contributed by atoms with Gasteiger partial charge in [-0.15, -0.1) is 0 Å². The van der Waals surface area contributed by atoms with E-state index in [-0.39, 0.29) is 12.5 Å². The minimum atomic E-state index is -0.318. The van der Waals surface area contributed by atoms with Gasteiger partial charge >= 0.3 is 0 Å². The summed E-state index contributed by atoms with van der Waals surface area (Å²) in [6.45, 7) is 7.87. The average molecular weight is 345 g/mol. The fourth-order valence-corrected chi connectivity index (χ4v) is 2.57. The molecular weight excluding hydrogens is 324 g/mol. The van der Waals surface area contributed by atoms with Gasteiger partial charge in [0.1, 0.15) is 5.75 Å². The highest BCUT2D eigenvalue weighted by Crippen LogP contribution is 2.20. The maximum atomic E-state index is 11.8. The first kappa shape index (κ1) is 18.0. The van der Waals surface area contributed by atoms with Crippen LogP contribution < -0.4 is 10.2 Å². The van der Waals surface area contributed by atoms with Gasteiger partial charge in [-0.25, -0.2) is 5.43 Å². The summed E-state index contributed by atoms with van der Waals surface area (Å²) in [5, 5.41) is 4.68. The summed E-state index contributed by atoms with van der Waals surface area (Å²) in [7, 11) is 0. The number of amides is 1. The van der Waals surface area contributed by atoms with Gasteiger partial charge in [-0.05, 0) is 62.6 Å². The van der Waals surface area contributed by atoms with E-state index in [9.17, 15) is 4.79 Å². The van der Waals surface area contributed by atoms with E-state index in [1.165, 1.54) is 5.56 Å². The Morgan fingerprint density at radius 1 is 1.12 bits per heavy atom. The molecule has 2 rings (SSSR count). The number of carbonyl (C=O) groups is 1. The van der Waals surface area contributed by atoms with Crippen LogP contribution in [0.1, 0.15) is 27.8 Å². The van der Waals surface area contributed by atoms with Crippen molar-refractivity contribution in [3.05, 3.63) is 63.2 Å². The highest BCUT2D eigenvalue weighted by molar-refractivity contribution is 6.31. The average Bonchev–Trinajstić information content (AvgIpc) is 2.51. The lowest BCUT2D eigenvalue weighted by molar-refractivity contribution is -0.123. The van der Waals surface area contributed by atoms with Crippen molar-refractivity contribution in [2.75, 3.05) is 6.61 Å². The SMILES string of the molecule is Cc1cc(C)c(/C=N\NC(=O)COc2ccc(Cl)c(C)c2)c(C)c1. The first-order valence-corrected chi connectivity index (χ1v) is 8.03. The Balaban J connectivity index is 1.90. The van der Waals surface area contributed by atoms with Crippen molar-refractivity contribution in [1.29, 1.82) is 0 Å². The van der Waals surface area contributed by atoms with Crippen LogP contribution in [-0.2, 0) is 4.79 Å². The minimum absolute atomic E-state index is 0.107. The highest BCUT2D eigenvalue weighted by atomic mass is 35.5. The van der Waals surface area contributed by atoms with Crippen LogP contribution in [0.4, 0.5) is 0 Å². The number of ether oxygens (including phenoxy) is 1. The van der Waals surface area contributed by atoms with Crippen LogP contribution in [0.5, 0.6) is 5.75 Å². The monoisotopic (exact) mass is 344 g/mol. The number of aryl methyl sites for hydroxylation is 4. The molecule has 0 fully saturated rings. The zero-order chi connectivity index (χ0) is 17.7. The molecule has 24 heavy (non-hydrogen) atoms.